The lowest BCUT2D eigenvalue weighted by atomic mass is 10.1. The van der Waals surface area contributed by atoms with Gasteiger partial charge in [0.15, 0.2) is 8.07 Å². The van der Waals surface area contributed by atoms with Gasteiger partial charge in [-0.3, -0.25) is 0 Å². The first-order valence-corrected chi connectivity index (χ1v) is 18.3. The molecule has 3 aromatic carbocycles. The Hall–Kier alpha value is -3.84. The van der Waals surface area contributed by atoms with E-state index in [9.17, 15) is 0 Å². The third kappa shape index (κ3) is 6.14. The molecule has 1 aliphatic rings. The summed E-state index contributed by atoms with van der Waals surface area (Å²) in [6.07, 6.45) is 0. The molecule has 0 saturated carbocycles. The van der Waals surface area contributed by atoms with Crippen molar-refractivity contribution >= 4 is 57.8 Å². The molecule has 0 radical (unpaired) electrons. The summed E-state index contributed by atoms with van der Waals surface area (Å²) in [6, 6.07) is 22.0. The van der Waals surface area contributed by atoms with Crippen molar-refractivity contribution < 1.29 is 0 Å². The van der Waals surface area contributed by atoms with Crippen molar-refractivity contribution in [2.24, 2.45) is 0 Å². The number of nitrogens with zero attached hydrogens (tertiary/aromatic N) is 6. The van der Waals surface area contributed by atoms with Crippen LogP contribution in [0, 0.1) is 0 Å². The van der Waals surface area contributed by atoms with Crippen LogP contribution < -0.4 is 45.0 Å². The number of benzene rings is 3. The minimum absolute atomic E-state index is 0.250. The highest BCUT2D eigenvalue weighted by molar-refractivity contribution is 7.13. The molecule has 0 spiro atoms. The third-order valence-electron chi connectivity index (χ3n) is 10.2. The zero-order chi connectivity index (χ0) is 34.4. The number of anilines is 6. The minimum atomic E-state index is -2.94. The van der Waals surface area contributed by atoms with Gasteiger partial charge in [-0.15, -0.1) is 0 Å². The van der Waals surface area contributed by atoms with Gasteiger partial charge in [-0.1, -0.05) is 11.1 Å². The highest BCUT2D eigenvalue weighted by Crippen LogP contribution is 2.47. The van der Waals surface area contributed by atoms with Gasteiger partial charge < -0.3 is 29.4 Å². The molecule has 46 heavy (non-hydrogen) atoms. The minimum Gasteiger partial charge on any atom is -0.378 e. The van der Waals surface area contributed by atoms with Crippen molar-refractivity contribution in [2.45, 2.75) is 33.2 Å². The lowest BCUT2D eigenvalue weighted by Gasteiger charge is -2.43. The van der Waals surface area contributed by atoms with E-state index in [2.05, 4.69) is 196 Å². The van der Waals surface area contributed by atoms with Crippen LogP contribution in [-0.2, 0) is 0 Å². The quantitative estimate of drug-likeness (QED) is 0.211. The third-order valence-corrected chi connectivity index (χ3v) is 15.5. The van der Waals surface area contributed by atoms with Crippen LogP contribution in [0.1, 0.15) is 27.7 Å². The van der Waals surface area contributed by atoms with E-state index in [-0.39, 0.29) is 5.54 Å². The summed E-state index contributed by atoms with van der Waals surface area (Å²) in [5.74, 6) is 0. The summed E-state index contributed by atoms with van der Waals surface area (Å²) in [5.41, 5.74) is 13.4. The van der Waals surface area contributed by atoms with Crippen molar-refractivity contribution in [3.63, 3.8) is 0 Å². The van der Waals surface area contributed by atoms with Crippen LogP contribution in [0.5, 0.6) is 0 Å². The lowest BCUT2D eigenvalue weighted by molar-refractivity contribution is 1.08. The Kier molecular flexibility index (Phi) is 9.98. The van der Waals surface area contributed by atoms with E-state index < -0.39 is 8.07 Å². The highest BCUT2D eigenvalue weighted by Gasteiger charge is 2.51. The predicted molar refractivity (Wildman–Crippen MR) is 210 cm³/mol. The highest BCUT2D eigenvalue weighted by atomic mass is 28.3. The zero-order valence-electron chi connectivity index (χ0n) is 31.5. The topological polar surface area (TPSA) is 19.4 Å². The Labute approximate surface area is 281 Å². The number of rotatable bonds is 10. The Bertz CT molecular complexity index is 1400. The molecular formula is C39H58N6Si. The molecule has 6 nitrogen and oxygen atoms in total. The predicted octanol–water partition coefficient (Wildman–Crippen LogP) is 5.61. The van der Waals surface area contributed by atoms with Crippen LogP contribution in [0.25, 0.3) is 0 Å². The lowest BCUT2D eigenvalue weighted by Crippen LogP contribution is -2.70. The maximum Gasteiger partial charge on any atom is 0.159 e. The Balaban J connectivity index is 2.40. The molecule has 0 aliphatic heterocycles. The van der Waals surface area contributed by atoms with E-state index >= 15 is 0 Å². The van der Waals surface area contributed by atoms with Crippen LogP contribution in [0.2, 0.25) is 5.54 Å². The van der Waals surface area contributed by atoms with Crippen LogP contribution in [0.3, 0.4) is 0 Å². The van der Waals surface area contributed by atoms with Gasteiger partial charge in [-0.25, -0.2) is 0 Å². The standard InChI is InChI=1S/C39H58N6Si/c1-26-27(2)29(4)39(28(26)3)46(36-20-30(40(5)6)17-31(21-36)41(7)8,37-22-32(42(9)10)18-33(23-37)43(11)12)38-24-34(44(13)14)19-35(25-38)45(15)16/h17-25,39H,1-16H3. The second-order valence-electron chi connectivity index (χ2n) is 14.4. The summed E-state index contributed by atoms with van der Waals surface area (Å²) < 4.78 is 0. The van der Waals surface area contributed by atoms with E-state index in [4.69, 9.17) is 0 Å². The summed E-state index contributed by atoms with van der Waals surface area (Å²) >= 11 is 0. The smallest absolute Gasteiger partial charge is 0.159 e. The molecule has 4 rings (SSSR count). The van der Waals surface area contributed by atoms with Crippen molar-refractivity contribution in [3.8, 4) is 0 Å². The molecule has 0 atom stereocenters. The van der Waals surface area contributed by atoms with Crippen molar-refractivity contribution in [2.75, 3.05) is 114 Å². The molecule has 0 unspecified atom stereocenters. The van der Waals surface area contributed by atoms with Crippen LogP contribution in [0.15, 0.2) is 76.9 Å². The van der Waals surface area contributed by atoms with Crippen LogP contribution in [-0.4, -0.2) is 92.6 Å². The largest absolute Gasteiger partial charge is 0.378 e. The van der Waals surface area contributed by atoms with Gasteiger partial charge >= 0.3 is 0 Å². The summed E-state index contributed by atoms with van der Waals surface area (Å²) in [4.78, 5) is 13.6. The maximum atomic E-state index is 2.50. The molecule has 0 bridgehead atoms. The second kappa shape index (κ2) is 13.1. The maximum absolute atomic E-state index is 2.94. The SMILES string of the molecule is CC1=C(C)C([Si](c2cc(N(C)C)cc(N(C)C)c2)(c2cc(N(C)C)cc(N(C)C)c2)c2cc(N(C)C)cc(N(C)C)c2)C(C)=C1C. The molecule has 7 heteroatoms. The number of hydrogen-bond acceptors (Lipinski definition) is 6. The van der Waals surface area contributed by atoms with Gasteiger partial charge in [0.05, 0.1) is 0 Å². The summed E-state index contributed by atoms with van der Waals surface area (Å²) in [7, 11) is 23.0. The molecule has 0 amide bonds. The molecule has 248 valence electrons. The van der Waals surface area contributed by atoms with Crippen molar-refractivity contribution in [1.29, 1.82) is 0 Å². The number of hydrogen-bond donors (Lipinski definition) is 0. The summed E-state index contributed by atoms with van der Waals surface area (Å²) in [5, 5.41) is 4.28. The summed E-state index contributed by atoms with van der Waals surface area (Å²) in [6.45, 7) is 9.46. The van der Waals surface area contributed by atoms with Crippen LogP contribution in [0.4, 0.5) is 34.1 Å². The Morgan fingerprint density at radius 2 is 0.543 bits per heavy atom. The van der Waals surface area contributed by atoms with Gasteiger partial charge in [0.1, 0.15) is 0 Å². The van der Waals surface area contributed by atoms with Gasteiger partial charge in [-0.05, 0) is 109 Å². The van der Waals surface area contributed by atoms with E-state index in [0.29, 0.717) is 0 Å². The normalized spacial score (nSPS) is 13.8. The molecule has 0 fully saturated rings. The van der Waals surface area contributed by atoms with E-state index in [0.717, 1.165) is 0 Å². The molecule has 0 saturated heterocycles. The molecule has 0 N–H and O–H groups in total. The van der Waals surface area contributed by atoms with Gasteiger partial charge in [0.25, 0.3) is 0 Å². The second-order valence-corrected chi connectivity index (χ2v) is 18.4. The fourth-order valence-corrected chi connectivity index (χ4v) is 13.0. The molecular weight excluding hydrogens is 581 g/mol. The molecule has 0 heterocycles. The molecule has 0 aromatic heterocycles. The monoisotopic (exact) mass is 638 g/mol. The number of allylic oxidation sites excluding steroid dienone is 4. The van der Waals surface area contributed by atoms with Crippen molar-refractivity contribution in [3.05, 3.63) is 76.9 Å². The molecule has 1 aliphatic carbocycles. The average Bonchev–Trinajstić information content (AvgIpc) is 3.19. The van der Waals surface area contributed by atoms with E-state index in [1.165, 1.54) is 72.0 Å². The first-order valence-electron chi connectivity index (χ1n) is 16.3. The fraction of sp³-hybridized carbons (Fsp3) is 0.436. The Morgan fingerprint density at radius 3 is 0.717 bits per heavy atom. The van der Waals surface area contributed by atoms with E-state index in [1.807, 2.05) is 0 Å². The fourth-order valence-electron chi connectivity index (χ4n) is 7.02. The van der Waals surface area contributed by atoms with Crippen molar-refractivity contribution in [1.82, 2.24) is 0 Å². The Morgan fingerprint density at radius 1 is 0.348 bits per heavy atom. The van der Waals surface area contributed by atoms with Crippen LogP contribution >= 0.6 is 0 Å². The average molecular weight is 639 g/mol. The van der Waals surface area contributed by atoms with Gasteiger partial charge in [0.2, 0.25) is 0 Å². The zero-order valence-corrected chi connectivity index (χ0v) is 32.5. The first-order chi connectivity index (χ1) is 21.4. The van der Waals surface area contributed by atoms with Gasteiger partial charge in [0, 0.05) is 124 Å². The first kappa shape index (κ1) is 35.0. The molecule has 3 aromatic rings. The van der Waals surface area contributed by atoms with E-state index in [1.54, 1.807) is 0 Å². The van der Waals surface area contributed by atoms with Gasteiger partial charge in [-0.2, -0.15) is 0 Å².